The van der Waals surface area contributed by atoms with E-state index in [0.717, 1.165) is 12.0 Å². The largest absolute Gasteiger partial charge is 0.347 e. The highest BCUT2D eigenvalue weighted by Gasteiger charge is 2.18. The van der Waals surface area contributed by atoms with Crippen LogP contribution in [0.2, 0.25) is 0 Å². The lowest BCUT2D eigenvalue weighted by Gasteiger charge is -2.16. The first-order chi connectivity index (χ1) is 10.7. The van der Waals surface area contributed by atoms with Crippen molar-refractivity contribution in [3.05, 3.63) is 41.2 Å². The van der Waals surface area contributed by atoms with E-state index >= 15 is 0 Å². The normalized spacial score (nSPS) is 11.3. The van der Waals surface area contributed by atoms with Crippen LogP contribution >= 0.6 is 0 Å². The van der Waals surface area contributed by atoms with Crippen molar-refractivity contribution in [1.82, 2.24) is 9.97 Å². The van der Waals surface area contributed by atoms with E-state index in [9.17, 15) is 8.42 Å². The van der Waals surface area contributed by atoms with Gasteiger partial charge in [0, 0.05) is 14.1 Å². The molecule has 0 saturated carbocycles. The van der Waals surface area contributed by atoms with Crippen molar-refractivity contribution in [2.75, 3.05) is 23.7 Å². The van der Waals surface area contributed by atoms with Crippen molar-refractivity contribution in [1.29, 1.82) is 0 Å². The Morgan fingerprint density at radius 1 is 1.04 bits per heavy atom. The van der Waals surface area contributed by atoms with E-state index in [1.807, 2.05) is 33.2 Å². The molecule has 0 aliphatic heterocycles. The third-order valence-corrected chi connectivity index (χ3v) is 4.90. The molecule has 1 N–H and O–H groups in total. The van der Waals surface area contributed by atoms with Gasteiger partial charge in [0.2, 0.25) is 5.95 Å². The second-order valence-electron chi connectivity index (χ2n) is 5.57. The third-order valence-electron chi connectivity index (χ3n) is 3.54. The predicted octanol–water partition coefficient (Wildman–Crippen LogP) is 2.52. The summed E-state index contributed by atoms with van der Waals surface area (Å²) in [5, 5.41) is 0. The summed E-state index contributed by atoms with van der Waals surface area (Å²) >= 11 is 0. The van der Waals surface area contributed by atoms with Crippen LogP contribution in [0, 0.1) is 13.8 Å². The summed E-state index contributed by atoms with van der Waals surface area (Å²) in [7, 11) is 0.0212. The number of benzene rings is 1. The fraction of sp³-hybridized carbons (Fsp3) is 0.375. The van der Waals surface area contributed by atoms with Gasteiger partial charge in [0.25, 0.3) is 10.0 Å². The average molecular weight is 334 g/mol. The highest BCUT2D eigenvalue weighted by molar-refractivity contribution is 7.92. The molecule has 0 saturated heterocycles. The van der Waals surface area contributed by atoms with E-state index in [4.69, 9.17) is 0 Å². The number of anilines is 2. The molecule has 0 aliphatic rings. The molecule has 6 nitrogen and oxygen atoms in total. The van der Waals surface area contributed by atoms with Gasteiger partial charge >= 0.3 is 0 Å². The summed E-state index contributed by atoms with van der Waals surface area (Å²) in [6.45, 7) is 5.55. The molecule has 0 atom stereocenters. The topological polar surface area (TPSA) is 75.2 Å². The Kier molecular flexibility index (Phi) is 4.89. The quantitative estimate of drug-likeness (QED) is 0.909. The van der Waals surface area contributed by atoms with Crippen LogP contribution in [-0.4, -0.2) is 32.5 Å². The van der Waals surface area contributed by atoms with Crippen LogP contribution in [0.25, 0.3) is 0 Å². The number of hydrogen-bond donors (Lipinski definition) is 1. The fourth-order valence-electron chi connectivity index (χ4n) is 2.14. The Bertz CT molecular complexity index is 776. The van der Waals surface area contributed by atoms with Crippen molar-refractivity contribution in [3.63, 3.8) is 0 Å². The summed E-state index contributed by atoms with van der Waals surface area (Å²) in [5.74, 6) is 0.551. The van der Waals surface area contributed by atoms with E-state index in [1.54, 1.807) is 30.9 Å². The highest BCUT2D eigenvalue weighted by atomic mass is 32.2. The van der Waals surface area contributed by atoms with Gasteiger partial charge in [-0.15, -0.1) is 0 Å². The maximum Gasteiger partial charge on any atom is 0.262 e. The van der Waals surface area contributed by atoms with Gasteiger partial charge in [-0.3, -0.25) is 4.72 Å². The molecule has 0 unspecified atom stereocenters. The van der Waals surface area contributed by atoms with E-state index < -0.39 is 10.0 Å². The Balaban J connectivity index is 2.37. The van der Waals surface area contributed by atoms with Gasteiger partial charge in [0.15, 0.2) is 0 Å². The van der Waals surface area contributed by atoms with Crippen molar-refractivity contribution in [3.8, 4) is 0 Å². The van der Waals surface area contributed by atoms with E-state index in [-0.39, 0.29) is 4.90 Å². The number of aryl methyl sites for hydroxylation is 3. The number of rotatable bonds is 5. The number of nitrogens with zero attached hydrogens (tertiary/aromatic N) is 3. The minimum Gasteiger partial charge on any atom is -0.347 e. The molecule has 1 heterocycles. The van der Waals surface area contributed by atoms with E-state index in [2.05, 4.69) is 14.7 Å². The monoisotopic (exact) mass is 334 g/mol. The van der Waals surface area contributed by atoms with Crippen LogP contribution in [0.1, 0.15) is 23.9 Å². The van der Waals surface area contributed by atoms with Crippen LogP contribution in [0.3, 0.4) is 0 Å². The Labute approximate surface area is 137 Å². The average Bonchev–Trinajstić information content (AvgIpc) is 2.50. The summed E-state index contributed by atoms with van der Waals surface area (Å²) in [6, 6.07) is 6.86. The maximum atomic E-state index is 12.5. The molecule has 0 radical (unpaired) electrons. The number of hydrogen-bond acceptors (Lipinski definition) is 5. The highest BCUT2D eigenvalue weighted by Crippen LogP contribution is 2.23. The van der Waals surface area contributed by atoms with Crippen LogP contribution in [-0.2, 0) is 16.4 Å². The molecule has 1 aromatic heterocycles. The van der Waals surface area contributed by atoms with Crippen LogP contribution in [0.4, 0.5) is 11.6 Å². The van der Waals surface area contributed by atoms with Crippen molar-refractivity contribution in [2.45, 2.75) is 32.1 Å². The molecule has 23 heavy (non-hydrogen) atoms. The molecule has 2 rings (SSSR count). The van der Waals surface area contributed by atoms with E-state index in [0.29, 0.717) is 23.0 Å². The fourth-order valence-corrected chi connectivity index (χ4v) is 3.32. The minimum atomic E-state index is -3.66. The van der Waals surface area contributed by atoms with Gasteiger partial charge in [-0.05, 0) is 38.0 Å². The zero-order chi connectivity index (χ0) is 17.2. The summed E-state index contributed by atoms with van der Waals surface area (Å²) in [6.07, 6.45) is 0.867. The van der Waals surface area contributed by atoms with Crippen LogP contribution in [0.15, 0.2) is 29.2 Å². The zero-order valence-electron chi connectivity index (χ0n) is 14.1. The Morgan fingerprint density at radius 3 is 2.00 bits per heavy atom. The minimum absolute atomic E-state index is 0.227. The first kappa shape index (κ1) is 17.2. The molecule has 124 valence electrons. The first-order valence-corrected chi connectivity index (χ1v) is 8.87. The molecular formula is C16H22N4O2S. The lowest BCUT2D eigenvalue weighted by Crippen LogP contribution is -2.18. The summed E-state index contributed by atoms with van der Waals surface area (Å²) in [5.41, 5.74) is 2.70. The molecule has 2 aromatic rings. The zero-order valence-corrected chi connectivity index (χ0v) is 14.9. The molecule has 0 bridgehead atoms. The van der Waals surface area contributed by atoms with E-state index in [1.165, 1.54) is 0 Å². The lowest BCUT2D eigenvalue weighted by atomic mass is 10.2. The molecule has 1 aromatic carbocycles. The smallest absolute Gasteiger partial charge is 0.262 e. The van der Waals surface area contributed by atoms with Gasteiger partial charge in [-0.25, -0.2) is 18.4 Å². The molecule has 7 heteroatoms. The van der Waals surface area contributed by atoms with Gasteiger partial charge < -0.3 is 4.90 Å². The van der Waals surface area contributed by atoms with Crippen molar-refractivity contribution in [2.24, 2.45) is 0 Å². The van der Waals surface area contributed by atoms with Crippen molar-refractivity contribution < 1.29 is 8.42 Å². The number of nitrogens with one attached hydrogen (secondary N) is 1. The Morgan fingerprint density at radius 2 is 1.57 bits per heavy atom. The molecule has 0 amide bonds. The predicted molar refractivity (Wildman–Crippen MR) is 92.5 cm³/mol. The summed E-state index contributed by atoms with van der Waals surface area (Å²) < 4.78 is 27.7. The second kappa shape index (κ2) is 6.54. The number of sulfonamides is 1. The Hall–Kier alpha value is -2.15. The second-order valence-corrected chi connectivity index (χ2v) is 7.25. The molecular weight excluding hydrogens is 312 g/mol. The maximum absolute atomic E-state index is 12.5. The third kappa shape index (κ3) is 3.79. The molecule has 0 aliphatic carbocycles. The van der Waals surface area contributed by atoms with Crippen LogP contribution in [0.5, 0.6) is 0 Å². The van der Waals surface area contributed by atoms with Gasteiger partial charge in [0.05, 0.1) is 22.0 Å². The van der Waals surface area contributed by atoms with Crippen LogP contribution < -0.4 is 9.62 Å². The van der Waals surface area contributed by atoms with Gasteiger partial charge in [-0.1, -0.05) is 19.1 Å². The molecule has 0 spiro atoms. The standard InChI is InChI=1S/C16H22N4O2S/c1-6-13-7-9-14(10-8-13)23(21,22)19-15-11(2)17-16(20(4)5)18-12(15)3/h7-10,19H,6H2,1-5H3. The van der Waals surface area contributed by atoms with Crippen molar-refractivity contribution >= 4 is 21.7 Å². The summed E-state index contributed by atoms with van der Waals surface area (Å²) in [4.78, 5) is 10.7. The lowest BCUT2D eigenvalue weighted by molar-refractivity contribution is 0.601. The van der Waals surface area contributed by atoms with Gasteiger partial charge in [-0.2, -0.15) is 0 Å². The SMILES string of the molecule is CCc1ccc(S(=O)(=O)Nc2c(C)nc(N(C)C)nc2C)cc1. The van der Waals surface area contributed by atoms with Gasteiger partial charge in [0.1, 0.15) is 0 Å². The first-order valence-electron chi connectivity index (χ1n) is 7.39. The number of aromatic nitrogens is 2. The molecule has 0 fully saturated rings.